The number of hydrogen-bond donors (Lipinski definition) is 2. The van der Waals surface area contributed by atoms with E-state index in [2.05, 4.69) is 15.6 Å². The fourth-order valence-electron chi connectivity index (χ4n) is 1.65. The summed E-state index contributed by atoms with van der Waals surface area (Å²) in [7, 11) is 0. The second-order valence-electron chi connectivity index (χ2n) is 4.90. The van der Waals surface area contributed by atoms with Gasteiger partial charge in [0.15, 0.2) is 5.13 Å². The highest BCUT2D eigenvalue weighted by Gasteiger charge is 2.29. The maximum absolute atomic E-state index is 12.1. The summed E-state index contributed by atoms with van der Waals surface area (Å²) in [6.45, 7) is 4.64. The van der Waals surface area contributed by atoms with Crippen LogP contribution in [0.2, 0.25) is 4.34 Å². The van der Waals surface area contributed by atoms with E-state index >= 15 is 0 Å². The van der Waals surface area contributed by atoms with E-state index in [1.807, 2.05) is 11.4 Å². The molecule has 21 heavy (non-hydrogen) atoms. The van der Waals surface area contributed by atoms with Crippen LogP contribution in [0.25, 0.3) is 10.6 Å². The molecule has 0 saturated heterocycles. The first kappa shape index (κ1) is 15.9. The summed E-state index contributed by atoms with van der Waals surface area (Å²) < 4.78 is 0.690. The van der Waals surface area contributed by atoms with Gasteiger partial charge in [-0.15, -0.1) is 22.7 Å². The summed E-state index contributed by atoms with van der Waals surface area (Å²) >= 11 is 8.65. The molecule has 0 aliphatic carbocycles. The van der Waals surface area contributed by atoms with Crippen LogP contribution in [0.1, 0.15) is 20.8 Å². The molecule has 0 radical (unpaired) electrons. The molecule has 5 nitrogen and oxygen atoms in total. The van der Waals surface area contributed by atoms with Crippen molar-refractivity contribution >= 4 is 51.2 Å². The average Bonchev–Trinajstić information content (AvgIpc) is 2.96. The normalized spacial score (nSPS) is 11.2. The summed E-state index contributed by atoms with van der Waals surface area (Å²) in [6, 6.07) is 3.69. The minimum absolute atomic E-state index is 0.261. The van der Waals surface area contributed by atoms with Crippen LogP contribution in [-0.2, 0) is 9.59 Å². The smallest absolute Gasteiger partial charge is 0.251 e. The van der Waals surface area contributed by atoms with Crippen molar-refractivity contribution in [2.45, 2.75) is 26.3 Å². The third-order valence-electron chi connectivity index (χ3n) is 2.61. The Kier molecular flexibility index (Phi) is 4.65. The first-order valence-corrected chi connectivity index (χ1v) is 8.17. The lowest BCUT2D eigenvalue weighted by Gasteiger charge is -2.23. The van der Waals surface area contributed by atoms with Crippen LogP contribution < -0.4 is 10.6 Å². The lowest BCUT2D eigenvalue weighted by molar-refractivity contribution is -0.128. The summed E-state index contributed by atoms with van der Waals surface area (Å²) in [5.41, 5.74) is -0.228. The van der Waals surface area contributed by atoms with Crippen molar-refractivity contribution in [2.24, 2.45) is 0 Å². The van der Waals surface area contributed by atoms with Gasteiger partial charge in [-0.3, -0.25) is 14.9 Å². The van der Waals surface area contributed by atoms with Gasteiger partial charge < -0.3 is 5.32 Å². The lowest BCUT2D eigenvalue weighted by atomic mass is 10.1. The van der Waals surface area contributed by atoms with Crippen molar-refractivity contribution in [3.8, 4) is 10.6 Å². The van der Waals surface area contributed by atoms with Gasteiger partial charge >= 0.3 is 0 Å². The molecule has 0 bridgehead atoms. The Morgan fingerprint density at radius 1 is 1.33 bits per heavy atom. The van der Waals surface area contributed by atoms with Crippen LogP contribution in [0.3, 0.4) is 0 Å². The third kappa shape index (κ3) is 4.03. The zero-order valence-electron chi connectivity index (χ0n) is 11.7. The number of thiophene rings is 1. The predicted octanol–water partition coefficient (Wildman–Crippen LogP) is 3.38. The number of amides is 2. The van der Waals surface area contributed by atoms with Gasteiger partial charge in [0.05, 0.1) is 14.9 Å². The van der Waals surface area contributed by atoms with Gasteiger partial charge in [-0.1, -0.05) is 11.6 Å². The molecule has 2 N–H and O–H groups in total. The maximum Gasteiger partial charge on any atom is 0.251 e. The SMILES string of the molecule is CC(=O)NC(C)(C)C(=O)Nc1nc(-c2ccc(Cl)s2)cs1. The van der Waals surface area contributed by atoms with E-state index in [1.165, 1.54) is 29.6 Å². The van der Waals surface area contributed by atoms with Crippen molar-refractivity contribution in [1.29, 1.82) is 0 Å². The van der Waals surface area contributed by atoms with Gasteiger partial charge in [-0.25, -0.2) is 4.98 Å². The Labute approximate surface area is 135 Å². The summed E-state index contributed by atoms with van der Waals surface area (Å²) in [5.74, 6) is -0.578. The molecule has 0 aliphatic rings. The first-order chi connectivity index (χ1) is 9.78. The quantitative estimate of drug-likeness (QED) is 0.894. The fourth-order valence-corrected chi connectivity index (χ4v) is 3.43. The maximum atomic E-state index is 12.1. The number of hydrogen-bond acceptors (Lipinski definition) is 5. The monoisotopic (exact) mass is 343 g/mol. The summed E-state index contributed by atoms with van der Waals surface area (Å²) in [6.07, 6.45) is 0. The molecule has 0 unspecified atom stereocenters. The molecule has 0 atom stereocenters. The standard InChI is InChI=1S/C13H14ClN3O2S2/c1-7(18)17-13(2,3)11(19)16-12-15-8(6-20-12)9-4-5-10(14)21-9/h4-6H,1-3H3,(H,17,18)(H,15,16,19). The number of anilines is 1. The van der Waals surface area contributed by atoms with Crippen molar-refractivity contribution in [3.63, 3.8) is 0 Å². The van der Waals surface area contributed by atoms with E-state index in [4.69, 9.17) is 11.6 Å². The topological polar surface area (TPSA) is 71.1 Å². The molecule has 2 aromatic rings. The molecule has 0 saturated carbocycles. The Balaban J connectivity index is 2.09. The number of nitrogens with zero attached hydrogens (tertiary/aromatic N) is 1. The number of nitrogens with one attached hydrogen (secondary N) is 2. The molecule has 2 heterocycles. The van der Waals surface area contributed by atoms with Crippen LogP contribution in [0, 0.1) is 0 Å². The molecular formula is C13H14ClN3O2S2. The summed E-state index contributed by atoms with van der Waals surface area (Å²) in [5, 5.41) is 7.64. The molecular weight excluding hydrogens is 330 g/mol. The molecule has 112 valence electrons. The molecule has 0 spiro atoms. The largest absolute Gasteiger partial charge is 0.342 e. The molecule has 2 aromatic heterocycles. The van der Waals surface area contributed by atoms with Crippen molar-refractivity contribution in [2.75, 3.05) is 5.32 Å². The third-order valence-corrected chi connectivity index (χ3v) is 4.62. The first-order valence-electron chi connectivity index (χ1n) is 6.09. The van der Waals surface area contributed by atoms with E-state index in [9.17, 15) is 9.59 Å². The van der Waals surface area contributed by atoms with E-state index < -0.39 is 5.54 Å². The second-order valence-corrected chi connectivity index (χ2v) is 7.48. The molecule has 0 aromatic carbocycles. The van der Waals surface area contributed by atoms with Crippen LogP contribution in [0.5, 0.6) is 0 Å². The minimum Gasteiger partial charge on any atom is -0.342 e. The van der Waals surface area contributed by atoms with Crippen LogP contribution in [0.4, 0.5) is 5.13 Å². The molecule has 0 fully saturated rings. The van der Waals surface area contributed by atoms with Crippen LogP contribution in [-0.4, -0.2) is 22.3 Å². The van der Waals surface area contributed by atoms with Crippen molar-refractivity contribution < 1.29 is 9.59 Å². The van der Waals surface area contributed by atoms with Gasteiger partial charge in [0, 0.05) is 12.3 Å². The molecule has 2 rings (SSSR count). The van der Waals surface area contributed by atoms with E-state index in [0.717, 1.165) is 10.6 Å². The number of aromatic nitrogens is 1. The average molecular weight is 344 g/mol. The second kappa shape index (κ2) is 6.13. The zero-order chi connectivity index (χ0) is 15.6. The molecule has 2 amide bonds. The van der Waals surface area contributed by atoms with Gasteiger partial charge in [-0.05, 0) is 26.0 Å². The number of rotatable bonds is 4. The van der Waals surface area contributed by atoms with Gasteiger partial charge in [0.1, 0.15) is 5.54 Å². The molecule has 8 heteroatoms. The highest BCUT2D eigenvalue weighted by molar-refractivity contribution is 7.20. The van der Waals surface area contributed by atoms with Gasteiger partial charge in [0.2, 0.25) is 5.91 Å². The van der Waals surface area contributed by atoms with E-state index in [-0.39, 0.29) is 11.8 Å². The Hall–Kier alpha value is -1.44. The molecule has 0 aliphatic heterocycles. The predicted molar refractivity (Wildman–Crippen MR) is 87.0 cm³/mol. The Morgan fingerprint density at radius 3 is 2.62 bits per heavy atom. The number of halogens is 1. The van der Waals surface area contributed by atoms with Crippen LogP contribution in [0.15, 0.2) is 17.5 Å². The Bertz CT molecular complexity index is 679. The number of carbonyl (C=O) groups is 2. The van der Waals surface area contributed by atoms with Crippen molar-refractivity contribution in [1.82, 2.24) is 10.3 Å². The van der Waals surface area contributed by atoms with E-state index in [1.54, 1.807) is 19.9 Å². The van der Waals surface area contributed by atoms with Gasteiger partial charge in [-0.2, -0.15) is 0 Å². The highest BCUT2D eigenvalue weighted by atomic mass is 35.5. The van der Waals surface area contributed by atoms with Gasteiger partial charge in [0.25, 0.3) is 5.91 Å². The summed E-state index contributed by atoms with van der Waals surface area (Å²) in [4.78, 5) is 28.5. The zero-order valence-corrected chi connectivity index (χ0v) is 14.1. The lowest BCUT2D eigenvalue weighted by Crippen LogP contribution is -2.51. The van der Waals surface area contributed by atoms with E-state index in [0.29, 0.717) is 9.47 Å². The fraction of sp³-hybridized carbons (Fsp3) is 0.308. The van der Waals surface area contributed by atoms with Crippen LogP contribution >= 0.6 is 34.3 Å². The number of thiazole rings is 1. The number of carbonyl (C=O) groups excluding carboxylic acids is 2. The van der Waals surface area contributed by atoms with Crippen molar-refractivity contribution in [3.05, 3.63) is 21.8 Å². The Morgan fingerprint density at radius 2 is 2.05 bits per heavy atom. The highest BCUT2D eigenvalue weighted by Crippen LogP contribution is 2.32. The minimum atomic E-state index is -0.996.